The minimum absolute atomic E-state index is 0.0111. The molecular weight excluding hydrogens is 406 g/mol. The Morgan fingerprint density at radius 2 is 1.97 bits per heavy atom. The summed E-state index contributed by atoms with van der Waals surface area (Å²) in [6.07, 6.45) is 3.30. The summed E-state index contributed by atoms with van der Waals surface area (Å²) < 4.78 is 35.4. The highest BCUT2D eigenvalue weighted by Gasteiger charge is 2.26. The largest absolute Gasteiger partial charge is 0.472 e. The third-order valence-electron chi connectivity index (χ3n) is 5.04. The van der Waals surface area contributed by atoms with Crippen LogP contribution in [0.2, 0.25) is 0 Å². The molecule has 1 unspecified atom stereocenters. The number of rotatable bonds is 7. The van der Waals surface area contributed by atoms with Gasteiger partial charge in [0.05, 0.1) is 30.2 Å². The molecule has 162 valence electrons. The van der Waals surface area contributed by atoms with Crippen molar-refractivity contribution in [3.8, 4) is 11.9 Å². The van der Waals surface area contributed by atoms with E-state index in [0.717, 1.165) is 18.4 Å². The van der Waals surface area contributed by atoms with Crippen LogP contribution in [-0.2, 0) is 21.1 Å². The van der Waals surface area contributed by atoms with E-state index in [1.807, 2.05) is 0 Å². The lowest BCUT2D eigenvalue weighted by atomic mass is 10.1. The highest BCUT2D eigenvalue weighted by atomic mass is 32.2. The van der Waals surface area contributed by atoms with E-state index in [9.17, 15) is 13.2 Å². The van der Waals surface area contributed by atoms with Crippen molar-refractivity contribution in [3.63, 3.8) is 0 Å². The van der Waals surface area contributed by atoms with E-state index in [1.165, 1.54) is 7.11 Å². The third kappa shape index (κ3) is 5.27. The van der Waals surface area contributed by atoms with Crippen molar-refractivity contribution in [2.75, 3.05) is 20.2 Å². The van der Waals surface area contributed by atoms with Gasteiger partial charge in [0.1, 0.15) is 6.10 Å². The topological polar surface area (TPSA) is 98.7 Å². The standard InChI is InChI=1S/C21H27N3O5S/c1-15(2)30(26,27)18-8-6-16(7-9-18)13-20(25)24-12-4-5-17(14-24)29-19-10-11-22-21(23-19)28-3/h6-11,15,17H,4-5,12-14H2,1-3H3. The van der Waals surface area contributed by atoms with E-state index in [1.54, 1.807) is 55.3 Å². The lowest BCUT2D eigenvalue weighted by Crippen LogP contribution is -2.45. The van der Waals surface area contributed by atoms with Gasteiger partial charge in [0.2, 0.25) is 11.8 Å². The van der Waals surface area contributed by atoms with Crippen molar-refractivity contribution >= 4 is 15.7 Å². The number of hydrogen-bond donors (Lipinski definition) is 0. The molecule has 8 nitrogen and oxygen atoms in total. The first-order valence-corrected chi connectivity index (χ1v) is 11.5. The predicted molar refractivity (Wildman–Crippen MR) is 111 cm³/mol. The molecule has 3 rings (SSSR count). The van der Waals surface area contributed by atoms with Crippen molar-refractivity contribution in [1.82, 2.24) is 14.9 Å². The first-order valence-electron chi connectivity index (χ1n) is 9.94. The lowest BCUT2D eigenvalue weighted by molar-refractivity contribution is -0.133. The van der Waals surface area contributed by atoms with Gasteiger partial charge < -0.3 is 14.4 Å². The molecule has 1 aliphatic rings. The van der Waals surface area contributed by atoms with Gasteiger partial charge >= 0.3 is 6.01 Å². The van der Waals surface area contributed by atoms with Crippen LogP contribution in [0.1, 0.15) is 32.3 Å². The van der Waals surface area contributed by atoms with E-state index in [2.05, 4.69) is 9.97 Å². The van der Waals surface area contributed by atoms with Crippen LogP contribution in [0.4, 0.5) is 0 Å². The zero-order valence-electron chi connectivity index (χ0n) is 17.4. The van der Waals surface area contributed by atoms with Crippen LogP contribution in [0.25, 0.3) is 0 Å². The van der Waals surface area contributed by atoms with Crippen molar-refractivity contribution in [2.24, 2.45) is 0 Å². The summed E-state index contributed by atoms with van der Waals surface area (Å²) in [5.74, 6) is 0.408. The van der Waals surface area contributed by atoms with Gasteiger partial charge in [-0.2, -0.15) is 4.98 Å². The average molecular weight is 434 g/mol. The number of hydrogen-bond acceptors (Lipinski definition) is 7. The summed E-state index contributed by atoms with van der Waals surface area (Å²) in [5.41, 5.74) is 0.784. The molecule has 0 radical (unpaired) electrons. The molecule has 2 aromatic rings. The minimum atomic E-state index is -3.32. The van der Waals surface area contributed by atoms with Crippen LogP contribution in [0.3, 0.4) is 0 Å². The molecule has 9 heteroatoms. The molecule has 1 amide bonds. The van der Waals surface area contributed by atoms with E-state index in [0.29, 0.717) is 19.0 Å². The Morgan fingerprint density at radius 1 is 1.23 bits per heavy atom. The smallest absolute Gasteiger partial charge is 0.319 e. The van der Waals surface area contributed by atoms with Gasteiger partial charge in [-0.3, -0.25) is 4.79 Å². The van der Waals surface area contributed by atoms with Crippen molar-refractivity contribution < 1.29 is 22.7 Å². The second kappa shape index (κ2) is 9.42. The maximum Gasteiger partial charge on any atom is 0.319 e. The summed E-state index contributed by atoms with van der Waals surface area (Å²) in [6, 6.07) is 8.46. The van der Waals surface area contributed by atoms with E-state index in [-0.39, 0.29) is 29.3 Å². The Labute approximate surface area is 177 Å². The van der Waals surface area contributed by atoms with Crippen molar-refractivity contribution in [2.45, 2.75) is 49.4 Å². The van der Waals surface area contributed by atoms with Crippen molar-refractivity contribution in [3.05, 3.63) is 42.1 Å². The van der Waals surface area contributed by atoms with Crippen LogP contribution in [0, 0.1) is 0 Å². The van der Waals surface area contributed by atoms with Crippen LogP contribution in [0.15, 0.2) is 41.4 Å². The van der Waals surface area contributed by atoms with E-state index < -0.39 is 15.1 Å². The number of ether oxygens (including phenoxy) is 2. The third-order valence-corrected chi connectivity index (χ3v) is 7.21. The van der Waals surface area contributed by atoms with Crippen molar-refractivity contribution in [1.29, 1.82) is 0 Å². The molecule has 0 N–H and O–H groups in total. The van der Waals surface area contributed by atoms with E-state index >= 15 is 0 Å². The number of nitrogens with zero attached hydrogens (tertiary/aromatic N) is 3. The quantitative estimate of drug-likeness (QED) is 0.660. The van der Waals surface area contributed by atoms with Crippen LogP contribution < -0.4 is 9.47 Å². The maximum atomic E-state index is 12.8. The number of amides is 1. The van der Waals surface area contributed by atoms with Gasteiger partial charge in [0, 0.05) is 18.8 Å². The fourth-order valence-corrected chi connectivity index (χ4v) is 4.34. The molecular formula is C21H27N3O5S. The molecule has 0 spiro atoms. The molecule has 1 atom stereocenters. The summed E-state index contributed by atoms with van der Waals surface area (Å²) in [7, 11) is -1.82. The molecule has 1 aromatic carbocycles. The average Bonchev–Trinajstić information content (AvgIpc) is 2.74. The molecule has 0 aliphatic carbocycles. The molecule has 2 heterocycles. The molecule has 1 saturated heterocycles. The van der Waals surface area contributed by atoms with Gasteiger partial charge in [-0.25, -0.2) is 13.4 Å². The van der Waals surface area contributed by atoms with E-state index in [4.69, 9.17) is 9.47 Å². The number of sulfone groups is 1. The summed E-state index contributed by atoms with van der Waals surface area (Å²) in [4.78, 5) is 22.9. The SMILES string of the molecule is COc1nccc(OC2CCCN(C(=O)Cc3ccc(S(=O)(=O)C(C)C)cc3)C2)n1. The fourth-order valence-electron chi connectivity index (χ4n) is 3.28. The van der Waals surface area contributed by atoms with Gasteiger partial charge in [-0.15, -0.1) is 0 Å². The molecule has 1 aliphatic heterocycles. The number of carbonyl (C=O) groups excluding carboxylic acids is 1. The normalized spacial score (nSPS) is 17.1. The Bertz CT molecular complexity index is 976. The molecule has 30 heavy (non-hydrogen) atoms. The second-order valence-corrected chi connectivity index (χ2v) is 10.0. The highest BCUT2D eigenvalue weighted by Crippen LogP contribution is 2.20. The van der Waals surface area contributed by atoms with Gasteiger partial charge in [0.25, 0.3) is 0 Å². The summed E-state index contributed by atoms with van der Waals surface area (Å²) in [5, 5.41) is -0.481. The second-order valence-electron chi connectivity index (χ2n) is 7.52. The predicted octanol–water partition coefficient (Wildman–Crippen LogP) is 2.28. The number of piperidine rings is 1. The van der Waals surface area contributed by atoms with Crippen LogP contribution in [-0.4, -0.2) is 60.7 Å². The van der Waals surface area contributed by atoms with Gasteiger partial charge in [-0.05, 0) is 44.4 Å². The fraction of sp³-hybridized carbons (Fsp3) is 0.476. The molecule has 0 bridgehead atoms. The first kappa shape index (κ1) is 22.0. The summed E-state index contributed by atoms with van der Waals surface area (Å²) in [6.45, 7) is 4.45. The zero-order valence-corrected chi connectivity index (χ0v) is 18.3. The van der Waals surface area contributed by atoms with Gasteiger partial charge in [-0.1, -0.05) is 12.1 Å². The highest BCUT2D eigenvalue weighted by molar-refractivity contribution is 7.92. The zero-order chi connectivity index (χ0) is 21.7. The Balaban J connectivity index is 1.60. The Kier molecular flexibility index (Phi) is 6.91. The first-order chi connectivity index (χ1) is 14.3. The van der Waals surface area contributed by atoms with Gasteiger partial charge in [0.15, 0.2) is 9.84 Å². The Morgan fingerprint density at radius 3 is 2.63 bits per heavy atom. The maximum absolute atomic E-state index is 12.8. The molecule has 0 saturated carbocycles. The lowest BCUT2D eigenvalue weighted by Gasteiger charge is -2.32. The minimum Gasteiger partial charge on any atom is -0.472 e. The number of benzene rings is 1. The Hall–Kier alpha value is -2.68. The number of aromatic nitrogens is 2. The number of likely N-dealkylation sites (tertiary alicyclic amines) is 1. The monoisotopic (exact) mass is 433 g/mol. The van der Waals surface area contributed by atoms with Crippen LogP contribution >= 0.6 is 0 Å². The summed E-state index contributed by atoms with van der Waals surface area (Å²) >= 11 is 0. The number of carbonyl (C=O) groups is 1. The number of methoxy groups -OCH3 is 1. The molecule has 1 aromatic heterocycles. The van der Waals surface area contributed by atoms with Crippen LogP contribution in [0.5, 0.6) is 11.9 Å². The molecule has 1 fully saturated rings.